The minimum atomic E-state index is -0.271. The van der Waals surface area contributed by atoms with Crippen LogP contribution in [0.25, 0.3) is 22.3 Å². The number of hydrogen-bond acceptors (Lipinski definition) is 5. The Kier molecular flexibility index (Phi) is 3.77. The van der Waals surface area contributed by atoms with Crippen LogP contribution in [0, 0.1) is 0 Å². The highest BCUT2D eigenvalue weighted by Gasteiger charge is 2.13. The summed E-state index contributed by atoms with van der Waals surface area (Å²) in [6.07, 6.45) is 0. The van der Waals surface area contributed by atoms with Crippen LogP contribution in [-0.4, -0.2) is 31.1 Å². The lowest BCUT2D eigenvalue weighted by molar-refractivity contribution is 0.102. The summed E-state index contributed by atoms with van der Waals surface area (Å²) in [4.78, 5) is 24.2. The molecule has 0 bridgehead atoms. The van der Waals surface area contributed by atoms with Gasteiger partial charge < -0.3 is 5.32 Å². The molecule has 0 saturated heterocycles. The number of hydrogen-bond donors (Lipinski definition) is 2. The Morgan fingerprint density at radius 1 is 1.04 bits per heavy atom. The number of fused-ring (bicyclic) bond motifs is 1. The molecule has 4 rings (SSSR count). The third kappa shape index (κ3) is 2.84. The van der Waals surface area contributed by atoms with E-state index in [4.69, 9.17) is 0 Å². The van der Waals surface area contributed by atoms with Gasteiger partial charge in [0.15, 0.2) is 0 Å². The second-order valence-corrected chi connectivity index (χ2v) is 5.71. The van der Waals surface area contributed by atoms with Gasteiger partial charge in [0.2, 0.25) is 0 Å². The van der Waals surface area contributed by atoms with E-state index >= 15 is 0 Å². The van der Waals surface area contributed by atoms with Gasteiger partial charge in [0.25, 0.3) is 11.5 Å². The number of rotatable bonds is 3. The summed E-state index contributed by atoms with van der Waals surface area (Å²) in [6.45, 7) is 0. The van der Waals surface area contributed by atoms with Crippen molar-refractivity contribution in [1.29, 1.82) is 0 Å². The van der Waals surface area contributed by atoms with Crippen LogP contribution in [0.3, 0.4) is 0 Å². The van der Waals surface area contributed by atoms with E-state index < -0.39 is 0 Å². The van der Waals surface area contributed by atoms with E-state index in [0.717, 1.165) is 5.56 Å². The Morgan fingerprint density at radius 3 is 2.69 bits per heavy atom. The van der Waals surface area contributed by atoms with Crippen LogP contribution in [-0.2, 0) is 7.05 Å². The molecule has 8 heteroatoms. The van der Waals surface area contributed by atoms with Crippen LogP contribution in [0.1, 0.15) is 10.4 Å². The Labute approximate surface area is 147 Å². The fraction of sp³-hybridized carbons (Fsp3) is 0.0556. The maximum Gasteiger partial charge on any atom is 0.266 e. The molecule has 2 heterocycles. The number of aromatic amines is 1. The van der Waals surface area contributed by atoms with Gasteiger partial charge in [-0.1, -0.05) is 18.2 Å². The van der Waals surface area contributed by atoms with Crippen molar-refractivity contribution >= 4 is 22.6 Å². The lowest BCUT2D eigenvalue weighted by Gasteiger charge is -2.11. The quantitative estimate of drug-likeness (QED) is 0.590. The smallest absolute Gasteiger partial charge is 0.266 e. The molecule has 8 nitrogen and oxygen atoms in total. The number of amides is 1. The minimum Gasteiger partial charge on any atom is -0.321 e. The van der Waals surface area contributed by atoms with Gasteiger partial charge in [0, 0.05) is 24.2 Å². The Balaban J connectivity index is 1.68. The van der Waals surface area contributed by atoms with E-state index in [1.165, 1.54) is 10.7 Å². The number of nitrogens with one attached hydrogen (secondary N) is 2. The molecular formula is C18H14N6O2. The van der Waals surface area contributed by atoms with Crippen LogP contribution >= 0.6 is 0 Å². The van der Waals surface area contributed by atoms with E-state index in [1.54, 1.807) is 37.4 Å². The molecule has 0 radical (unpaired) electrons. The van der Waals surface area contributed by atoms with E-state index in [0.29, 0.717) is 28.0 Å². The van der Waals surface area contributed by atoms with Crippen LogP contribution in [0.2, 0.25) is 0 Å². The van der Waals surface area contributed by atoms with Crippen LogP contribution in [0.15, 0.2) is 59.4 Å². The molecule has 0 saturated carbocycles. The monoisotopic (exact) mass is 346 g/mol. The van der Waals surface area contributed by atoms with Crippen molar-refractivity contribution in [3.8, 4) is 11.3 Å². The molecule has 128 valence electrons. The number of aromatic nitrogens is 5. The van der Waals surface area contributed by atoms with Crippen molar-refractivity contribution in [3.05, 3.63) is 70.5 Å². The SMILES string of the molecule is Cn1nc(-c2ccccc2NC(=O)c2ccc3n[nH]nc3c2)ccc1=O. The van der Waals surface area contributed by atoms with Gasteiger partial charge >= 0.3 is 0 Å². The molecule has 4 aromatic rings. The molecule has 2 aromatic carbocycles. The Hall–Kier alpha value is -3.81. The average Bonchev–Trinajstić information content (AvgIpc) is 3.12. The van der Waals surface area contributed by atoms with E-state index in [-0.39, 0.29) is 11.5 Å². The summed E-state index contributed by atoms with van der Waals surface area (Å²) < 4.78 is 1.26. The zero-order valence-corrected chi connectivity index (χ0v) is 13.8. The first-order valence-electron chi connectivity index (χ1n) is 7.87. The topological polar surface area (TPSA) is 106 Å². The number of benzene rings is 2. The minimum absolute atomic E-state index is 0.198. The largest absolute Gasteiger partial charge is 0.321 e. The van der Waals surface area contributed by atoms with Crippen molar-refractivity contribution in [1.82, 2.24) is 25.2 Å². The zero-order valence-electron chi connectivity index (χ0n) is 13.8. The number of anilines is 1. The highest BCUT2D eigenvalue weighted by atomic mass is 16.1. The van der Waals surface area contributed by atoms with Gasteiger partial charge in [0.05, 0.1) is 11.4 Å². The first-order valence-corrected chi connectivity index (χ1v) is 7.87. The zero-order chi connectivity index (χ0) is 18.1. The molecule has 0 fully saturated rings. The van der Waals surface area contributed by atoms with Crippen molar-refractivity contribution in [2.75, 3.05) is 5.32 Å². The number of nitrogens with zero attached hydrogens (tertiary/aromatic N) is 4. The third-order valence-corrected chi connectivity index (χ3v) is 3.99. The average molecular weight is 346 g/mol. The number of aryl methyl sites for hydroxylation is 1. The lowest BCUT2D eigenvalue weighted by atomic mass is 10.1. The van der Waals surface area contributed by atoms with Gasteiger partial charge in [-0.2, -0.15) is 20.5 Å². The molecule has 2 N–H and O–H groups in total. The third-order valence-electron chi connectivity index (χ3n) is 3.99. The normalized spacial score (nSPS) is 10.8. The predicted octanol–water partition coefficient (Wildman–Crippen LogP) is 1.97. The molecule has 0 aliphatic carbocycles. The van der Waals surface area contributed by atoms with Gasteiger partial charge in [-0.25, -0.2) is 4.68 Å². The van der Waals surface area contributed by atoms with E-state index in [1.807, 2.05) is 18.2 Å². The fourth-order valence-electron chi connectivity index (χ4n) is 2.64. The fourth-order valence-corrected chi connectivity index (χ4v) is 2.64. The Morgan fingerprint density at radius 2 is 1.85 bits per heavy atom. The lowest BCUT2D eigenvalue weighted by Crippen LogP contribution is -2.18. The number of carbonyl (C=O) groups is 1. The maximum absolute atomic E-state index is 12.6. The highest BCUT2D eigenvalue weighted by Crippen LogP contribution is 2.26. The van der Waals surface area contributed by atoms with Crippen LogP contribution < -0.4 is 10.9 Å². The first kappa shape index (κ1) is 15.7. The van der Waals surface area contributed by atoms with Crippen molar-refractivity contribution in [2.24, 2.45) is 7.05 Å². The molecule has 2 aromatic heterocycles. The second kappa shape index (κ2) is 6.25. The summed E-state index contributed by atoms with van der Waals surface area (Å²) in [5.74, 6) is -0.271. The highest BCUT2D eigenvalue weighted by molar-refractivity contribution is 6.07. The summed E-state index contributed by atoms with van der Waals surface area (Å²) in [7, 11) is 1.58. The summed E-state index contributed by atoms with van der Waals surface area (Å²) in [6, 6.07) is 15.5. The van der Waals surface area contributed by atoms with Crippen LogP contribution in [0.4, 0.5) is 5.69 Å². The molecule has 0 unspecified atom stereocenters. The standard InChI is InChI=1S/C18H14N6O2/c1-24-17(25)9-8-14(22-24)12-4-2-3-5-13(12)19-18(26)11-6-7-15-16(10-11)21-23-20-15/h2-10H,1H3,(H,19,26)(H,20,21,23). The number of carbonyl (C=O) groups excluding carboxylic acids is 1. The number of H-pyrrole nitrogens is 1. The van der Waals surface area contributed by atoms with Crippen molar-refractivity contribution in [3.63, 3.8) is 0 Å². The maximum atomic E-state index is 12.6. The van der Waals surface area contributed by atoms with E-state index in [2.05, 4.69) is 25.8 Å². The second-order valence-electron chi connectivity index (χ2n) is 5.71. The van der Waals surface area contributed by atoms with Gasteiger partial charge in [-0.3, -0.25) is 9.59 Å². The molecule has 26 heavy (non-hydrogen) atoms. The number of para-hydroxylation sites is 1. The van der Waals surface area contributed by atoms with E-state index in [9.17, 15) is 9.59 Å². The van der Waals surface area contributed by atoms with Gasteiger partial charge in [-0.15, -0.1) is 0 Å². The van der Waals surface area contributed by atoms with Gasteiger partial charge in [-0.05, 0) is 30.3 Å². The molecule has 0 aliphatic rings. The van der Waals surface area contributed by atoms with Gasteiger partial charge in [0.1, 0.15) is 11.0 Å². The molecule has 1 amide bonds. The first-order chi connectivity index (χ1) is 12.6. The molecule has 0 atom stereocenters. The summed E-state index contributed by atoms with van der Waals surface area (Å²) in [5.41, 5.74) is 3.49. The summed E-state index contributed by atoms with van der Waals surface area (Å²) >= 11 is 0. The molecule has 0 aliphatic heterocycles. The Bertz CT molecular complexity index is 1180. The van der Waals surface area contributed by atoms with Crippen LogP contribution in [0.5, 0.6) is 0 Å². The molecular weight excluding hydrogens is 332 g/mol. The van der Waals surface area contributed by atoms with Crippen molar-refractivity contribution < 1.29 is 4.79 Å². The van der Waals surface area contributed by atoms with Crippen molar-refractivity contribution in [2.45, 2.75) is 0 Å². The predicted molar refractivity (Wildman–Crippen MR) is 96.8 cm³/mol. The molecule has 0 spiro atoms. The summed E-state index contributed by atoms with van der Waals surface area (Å²) in [5, 5.41) is 17.6.